The average Bonchev–Trinajstić information content (AvgIpc) is 3.40. The Labute approximate surface area is 226 Å². The summed E-state index contributed by atoms with van der Waals surface area (Å²) < 4.78 is 4.85. The van der Waals surface area contributed by atoms with Crippen molar-refractivity contribution < 1.29 is 20.1 Å². The second-order valence-corrected chi connectivity index (χ2v) is 10.5. The van der Waals surface area contributed by atoms with Crippen molar-refractivity contribution in [2.45, 2.75) is 52.1 Å². The van der Waals surface area contributed by atoms with Gasteiger partial charge in [0.25, 0.3) is 0 Å². The quantitative estimate of drug-likeness (QED) is 0.240. The molecule has 3 atom stereocenters. The van der Waals surface area contributed by atoms with Crippen molar-refractivity contribution in [3.8, 4) is 16.5 Å². The van der Waals surface area contributed by atoms with Crippen LogP contribution in [0.4, 0.5) is 5.69 Å². The predicted molar refractivity (Wildman–Crippen MR) is 154 cm³/mol. The van der Waals surface area contributed by atoms with Gasteiger partial charge in [-0.05, 0) is 85.0 Å². The number of aliphatic hydroxyl groups excluding tert-OH is 3. The van der Waals surface area contributed by atoms with Crippen LogP contribution >= 0.6 is 23.3 Å². The lowest BCUT2D eigenvalue weighted by Crippen LogP contribution is -2.37. The van der Waals surface area contributed by atoms with Gasteiger partial charge in [0, 0.05) is 41.4 Å². The molecule has 1 saturated heterocycles. The van der Waals surface area contributed by atoms with Crippen LogP contribution in [0.15, 0.2) is 53.4 Å². The SMILES string of the molecule is CCN(CC)c1ccc2cc(-c3ccc(/C(C)=C(\C#N)SN)s3)ccc2c1.OCC1CC(O)CC(O)O1. The van der Waals surface area contributed by atoms with Crippen molar-refractivity contribution in [3.05, 3.63) is 58.3 Å². The normalized spacial score (nSPS) is 20.0. The molecular formula is C28H35N3O4S2. The van der Waals surface area contributed by atoms with E-state index in [1.807, 2.05) is 6.92 Å². The first-order valence-corrected chi connectivity index (χ1v) is 14.0. The summed E-state index contributed by atoms with van der Waals surface area (Å²) in [7, 11) is 0. The first-order valence-electron chi connectivity index (χ1n) is 12.3. The lowest BCUT2D eigenvalue weighted by Gasteiger charge is -2.28. The second kappa shape index (κ2) is 13.9. The zero-order chi connectivity index (χ0) is 26.9. The van der Waals surface area contributed by atoms with E-state index in [-0.39, 0.29) is 13.0 Å². The molecule has 5 N–H and O–H groups in total. The standard InChI is InChI=1S/C22H23N3S2.C6H12O4/c1-4-25(5-2)19-9-8-16-12-18(7-6-17(16)13-19)21-11-10-20(26-21)15(3)22(14-23)27-24;7-3-5-1-4(8)2-6(9)10-5/h6-13H,4-5,24H2,1-3H3;4-9H,1-3H2/b22-15+;. The van der Waals surface area contributed by atoms with Gasteiger partial charge in [0.1, 0.15) is 11.0 Å². The summed E-state index contributed by atoms with van der Waals surface area (Å²) in [6, 6.07) is 19.6. The van der Waals surface area contributed by atoms with Crippen molar-refractivity contribution in [2.75, 3.05) is 24.6 Å². The minimum absolute atomic E-state index is 0.145. The number of rotatable bonds is 7. The molecule has 2 aromatic carbocycles. The fourth-order valence-corrected chi connectivity index (χ4v) is 5.67. The first-order chi connectivity index (χ1) is 17.8. The maximum Gasteiger partial charge on any atom is 0.157 e. The number of allylic oxidation sites excluding steroid dienone is 2. The van der Waals surface area contributed by atoms with Gasteiger partial charge in [0.2, 0.25) is 0 Å². The molecule has 7 nitrogen and oxygen atoms in total. The Morgan fingerprint density at radius 3 is 2.43 bits per heavy atom. The van der Waals surface area contributed by atoms with E-state index in [9.17, 15) is 5.26 Å². The summed E-state index contributed by atoms with van der Waals surface area (Å²) in [6.45, 7) is 8.19. The minimum Gasteiger partial charge on any atom is -0.394 e. The van der Waals surface area contributed by atoms with E-state index in [1.165, 1.54) is 26.9 Å². The number of nitrogens with two attached hydrogens (primary N) is 1. The number of benzene rings is 2. The Morgan fingerprint density at radius 2 is 1.81 bits per heavy atom. The molecule has 1 fully saturated rings. The third kappa shape index (κ3) is 7.55. The molecule has 0 saturated carbocycles. The zero-order valence-corrected chi connectivity index (χ0v) is 23.1. The van der Waals surface area contributed by atoms with E-state index in [4.69, 9.17) is 25.2 Å². The molecule has 0 bridgehead atoms. The summed E-state index contributed by atoms with van der Waals surface area (Å²) in [5, 5.41) is 43.8. The first kappa shape index (κ1) is 29.1. The van der Waals surface area contributed by atoms with Gasteiger partial charge in [-0.1, -0.05) is 18.2 Å². The van der Waals surface area contributed by atoms with Crippen molar-refractivity contribution in [2.24, 2.45) is 5.14 Å². The van der Waals surface area contributed by atoms with Crippen LogP contribution in [0.1, 0.15) is 38.5 Å². The summed E-state index contributed by atoms with van der Waals surface area (Å²) in [5.41, 5.74) is 3.40. The molecule has 37 heavy (non-hydrogen) atoms. The van der Waals surface area contributed by atoms with Crippen LogP contribution in [0, 0.1) is 11.3 Å². The van der Waals surface area contributed by atoms with E-state index >= 15 is 0 Å². The van der Waals surface area contributed by atoms with Crippen LogP contribution in [0.2, 0.25) is 0 Å². The van der Waals surface area contributed by atoms with Crippen LogP contribution in [0.25, 0.3) is 26.8 Å². The number of anilines is 1. The van der Waals surface area contributed by atoms with Gasteiger partial charge < -0.3 is 25.0 Å². The van der Waals surface area contributed by atoms with Crippen LogP contribution in [0.3, 0.4) is 0 Å². The Balaban J connectivity index is 0.000000319. The molecule has 1 aromatic heterocycles. The summed E-state index contributed by atoms with van der Waals surface area (Å²) in [5.74, 6) is 0. The number of fused-ring (bicyclic) bond motifs is 1. The van der Waals surface area contributed by atoms with E-state index in [0.717, 1.165) is 35.5 Å². The topological polar surface area (TPSA) is 123 Å². The van der Waals surface area contributed by atoms with Crippen molar-refractivity contribution in [1.82, 2.24) is 0 Å². The highest BCUT2D eigenvalue weighted by atomic mass is 32.2. The molecule has 0 amide bonds. The molecule has 0 radical (unpaired) electrons. The van der Waals surface area contributed by atoms with Gasteiger partial charge in [-0.25, -0.2) is 0 Å². The summed E-state index contributed by atoms with van der Waals surface area (Å²) >= 11 is 2.70. The summed E-state index contributed by atoms with van der Waals surface area (Å²) in [6.07, 6.45) is -1.20. The molecule has 0 aliphatic carbocycles. The third-order valence-corrected chi connectivity index (χ3v) is 8.22. The average molecular weight is 542 g/mol. The maximum atomic E-state index is 9.19. The van der Waals surface area contributed by atoms with E-state index in [1.54, 1.807) is 11.3 Å². The molecule has 1 aliphatic rings. The van der Waals surface area contributed by atoms with Crippen LogP contribution in [0.5, 0.6) is 0 Å². The largest absolute Gasteiger partial charge is 0.394 e. The number of nitriles is 1. The summed E-state index contributed by atoms with van der Waals surface area (Å²) in [4.78, 5) is 5.19. The second-order valence-electron chi connectivity index (χ2n) is 8.79. The third-order valence-electron chi connectivity index (χ3n) is 6.33. The van der Waals surface area contributed by atoms with Gasteiger partial charge in [0.05, 0.1) is 18.8 Å². The van der Waals surface area contributed by atoms with Crippen LogP contribution in [-0.4, -0.2) is 53.5 Å². The molecule has 9 heteroatoms. The number of thiophene rings is 1. The Hall–Kier alpha value is -2.42. The monoisotopic (exact) mass is 541 g/mol. The van der Waals surface area contributed by atoms with E-state index < -0.39 is 18.5 Å². The molecule has 4 rings (SSSR count). The van der Waals surface area contributed by atoms with Gasteiger partial charge in [-0.15, -0.1) is 11.3 Å². The lowest BCUT2D eigenvalue weighted by molar-refractivity contribution is -0.197. The van der Waals surface area contributed by atoms with E-state index in [0.29, 0.717) is 11.3 Å². The number of ether oxygens (including phenoxy) is 1. The number of hydrogen-bond acceptors (Lipinski definition) is 9. The van der Waals surface area contributed by atoms with Gasteiger partial charge in [0.15, 0.2) is 6.29 Å². The highest BCUT2D eigenvalue weighted by molar-refractivity contribution is 8.01. The number of hydrogen-bond donors (Lipinski definition) is 4. The number of aliphatic hydroxyl groups is 3. The minimum atomic E-state index is -0.916. The zero-order valence-electron chi connectivity index (χ0n) is 21.4. The molecular weight excluding hydrogens is 506 g/mol. The smallest absolute Gasteiger partial charge is 0.157 e. The number of nitrogens with zero attached hydrogens (tertiary/aromatic N) is 2. The predicted octanol–water partition coefficient (Wildman–Crippen LogP) is 5.11. The Morgan fingerprint density at radius 1 is 1.11 bits per heavy atom. The van der Waals surface area contributed by atoms with Crippen molar-refractivity contribution >= 4 is 45.3 Å². The molecule has 198 valence electrons. The Bertz CT molecular complexity index is 1240. The van der Waals surface area contributed by atoms with Crippen molar-refractivity contribution in [3.63, 3.8) is 0 Å². The van der Waals surface area contributed by atoms with Crippen molar-refractivity contribution in [1.29, 1.82) is 5.26 Å². The van der Waals surface area contributed by atoms with Gasteiger partial charge >= 0.3 is 0 Å². The van der Waals surface area contributed by atoms with Gasteiger partial charge in [-0.3, -0.25) is 5.14 Å². The van der Waals surface area contributed by atoms with Crippen LogP contribution < -0.4 is 10.0 Å². The van der Waals surface area contributed by atoms with E-state index in [2.05, 4.69) is 73.3 Å². The molecule has 2 heterocycles. The van der Waals surface area contributed by atoms with Gasteiger partial charge in [-0.2, -0.15) is 5.26 Å². The molecule has 0 spiro atoms. The highest BCUT2D eigenvalue weighted by Gasteiger charge is 2.26. The molecule has 3 aromatic rings. The fraction of sp³-hybridized carbons (Fsp3) is 0.393. The fourth-order valence-electron chi connectivity index (χ4n) is 4.26. The Kier molecular flexibility index (Phi) is 11.0. The highest BCUT2D eigenvalue weighted by Crippen LogP contribution is 2.36. The lowest BCUT2D eigenvalue weighted by atomic mass is 10.0. The molecule has 3 unspecified atom stereocenters. The van der Waals surface area contributed by atoms with Crippen LogP contribution in [-0.2, 0) is 4.74 Å². The molecule has 1 aliphatic heterocycles. The maximum absolute atomic E-state index is 9.19.